The van der Waals surface area contributed by atoms with E-state index >= 15 is 0 Å². The van der Waals surface area contributed by atoms with Gasteiger partial charge in [-0.3, -0.25) is 0 Å². The fourth-order valence-electron chi connectivity index (χ4n) is 4.34. The summed E-state index contributed by atoms with van der Waals surface area (Å²) in [5.41, 5.74) is 6.54. The minimum Gasteiger partial charge on any atom is -0.546 e. The highest BCUT2D eigenvalue weighted by Gasteiger charge is 2.42. The molecule has 0 spiro atoms. The van der Waals surface area contributed by atoms with Crippen LogP contribution in [0.15, 0.2) is 65.9 Å². The van der Waals surface area contributed by atoms with E-state index < -0.39 is 8.32 Å². The zero-order valence-electron chi connectivity index (χ0n) is 19.3. The Morgan fingerprint density at radius 3 is 2.33 bits per heavy atom. The number of aromatic nitrogens is 1. The Hall–Kier alpha value is -2.26. The second kappa shape index (κ2) is 7.77. The summed E-state index contributed by atoms with van der Waals surface area (Å²) >= 11 is 0. The van der Waals surface area contributed by atoms with Gasteiger partial charge in [0.25, 0.3) is 0 Å². The maximum atomic E-state index is 7.04. The van der Waals surface area contributed by atoms with E-state index in [-0.39, 0.29) is 5.04 Å². The normalized spacial score (nSPS) is 18.1. The second-order valence-corrected chi connectivity index (χ2v) is 15.0. The van der Waals surface area contributed by atoms with Gasteiger partial charge in [-0.25, -0.2) is 0 Å². The summed E-state index contributed by atoms with van der Waals surface area (Å²) in [6, 6.07) is 19.5. The van der Waals surface area contributed by atoms with Crippen molar-refractivity contribution in [2.75, 3.05) is 0 Å². The lowest BCUT2D eigenvalue weighted by molar-refractivity contribution is 0.323. The molecule has 2 nitrogen and oxygen atoms in total. The maximum Gasteiger partial charge on any atom is 0.250 e. The van der Waals surface area contributed by atoms with Crippen molar-refractivity contribution in [3.8, 4) is 11.3 Å². The predicted molar refractivity (Wildman–Crippen MR) is 131 cm³/mol. The predicted octanol–water partition coefficient (Wildman–Crippen LogP) is 8.40. The average Bonchev–Trinajstić information content (AvgIpc) is 3.09. The van der Waals surface area contributed by atoms with Crippen LogP contribution >= 0.6 is 0 Å². The van der Waals surface area contributed by atoms with Crippen LogP contribution in [0.1, 0.15) is 58.4 Å². The molecule has 4 rings (SSSR count). The molecule has 2 aromatic carbocycles. The molecule has 1 heterocycles. The van der Waals surface area contributed by atoms with Crippen LogP contribution in [0.3, 0.4) is 0 Å². The van der Waals surface area contributed by atoms with Crippen LogP contribution in [0.5, 0.6) is 0 Å². The van der Waals surface area contributed by atoms with Crippen LogP contribution in [0, 0.1) is 0 Å². The zero-order chi connectivity index (χ0) is 21.5. The Morgan fingerprint density at radius 2 is 1.63 bits per heavy atom. The lowest BCUT2D eigenvalue weighted by Gasteiger charge is -2.41. The number of benzene rings is 2. The molecule has 0 unspecified atom stereocenters. The van der Waals surface area contributed by atoms with Gasteiger partial charge in [0.2, 0.25) is 8.32 Å². The molecule has 0 fully saturated rings. The number of para-hydroxylation sites is 1. The fraction of sp³-hybridized carbons (Fsp3) is 0.407. The lowest BCUT2D eigenvalue weighted by Crippen LogP contribution is -2.41. The van der Waals surface area contributed by atoms with Gasteiger partial charge in [0.15, 0.2) is 0 Å². The summed E-state index contributed by atoms with van der Waals surface area (Å²) in [6.45, 7) is 14.0. The SMILES string of the molecule is CC1=C(O[Si](C)(C)C(C)(C)C)[C@@H](c2c(-c3ccccc3)[nH]c3ccccc23)CCC1. The summed E-state index contributed by atoms with van der Waals surface area (Å²) in [6.07, 6.45) is 3.50. The van der Waals surface area contributed by atoms with Crippen molar-refractivity contribution in [1.29, 1.82) is 0 Å². The van der Waals surface area contributed by atoms with Crippen molar-refractivity contribution in [3.05, 3.63) is 71.5 Å². The Morgan fingerprint density at radius 1 is 0.967 bits per heavy atom. The van der Waals surface area contributed by atoms with Crippen molar-refractivity contribution in [3.63, 3.8) is 0 Å². The van der Waals surface area contributed by atoms with E-state index in [0.29, 0.717) is 5.92 Å². The van der Waals surface area contributed by atoms with Crippen LogP contribution < -0.4 is 0 Å². The third kappa shape index (κ3) is 3.76. The third-order valence-corrected chi connectivity index (χ3v) is 11.5. The van der Waals surface area contributed by atoms with Gasteiger partial charge in [-0.15, -0.1) is 0 Å². The maximum absolute atomic E-state index is 7.04. The van der Waals surface area contributed by atoms with Gasteiger partial charge in [0.1, 0.15) is 0 Å². The van der Waals surface area contributed by atoms with Gasteiger partial charge in [0, 0.05) is 16.8 Å². The summed E-state index contributed by atoms with van der Waals surface area (Å²) in [5, 5.41) is 1.51. The molecule has 1 N–H and O–H groups in total. The average molecular weight is 418 g/mol. The molecule has 0 aliphatic heterocycles. The van der Waals surface area contributed by atoms with Crippen LogP contribution in [0.4, 0.5) is 0 Å². The highest BCUT2D eigenvalue weighted by Crippen LogP contribution is 2.48. The van der Waals surface area contributed by atoms with Gasteiger partial charge < -0.3 is 9.41 Å². The second-order valence-electron chi connectivity index (χ2n) is 10.3. The van der Waals surface area contributed by atoms with Gasteiger partial charge in [0.05, 0.1) is 11.5 Å². The first kappa shape index (κ1) is 21.0. The molecule has 30 heavy (non-hydrogen) atoms. The Bertz CT molecular complexity index is 1070. The van der Waals surface area contributed by atoms with Crippen molar-refractivity contribution < 1.29 is 4.43 Å². The van der Waals surface area contributed by atoms with E-state index in [2.05, 4.69) is 100 Å². The molecular formula is C27H35NOSi. The molecule has 0 radical (unpaired) electrons. The number of hydrogen-bond donors (Lipinski definition) is 1. The number of nitrogens with one attached hydrogen (secondary N) is 1. The molecule has 1 aliphatic carbocycles. The first-order valence-corrected chi connectivity index (χ1v) is 14.1. The van der Waals surface area contributed by atoms with Gasteiger partial charge >= 0.3 is 0 Å². The standard InChI is InChI=1S/C27H35NOSi/c1-19-13-12-17-22(26(19)29-30(5,6)27(2,3)4)24-21-16-10-11-18-23(21)28-25(24)20-14-8-7-9-15-20/h7-11,14-16,18,22,28H,12-13,17H2,1-6H3/t22-/m1/s1. The van der Waals surface area contributed by atoms with Crippen LogP contribution in [0.2, 0.25) is 18.1 Å². The molecule has 1 aliphatic rings. The number of rotatable bonds is 4. The highest BCUT2D eigenvalue weighted by atomic mass is 28.4. The monoisotopic (exact) mass is 417 g/mol. The first-order valence-electron chi connectivity index (χ1n) is 11.2. The largest absolute Gasteiger partial charge is 0.546 e. The molecule has 158 valence electrons. The zero-order valence-corrected chi connectivity index (χ0v) is 20.3. The highest BCUT2D eigenvalue weighted by molar-refractivity contribution is 6.74. The van der Waals surface area contributed by atoms with Crippen LogP contribution in [0.25, 0.3) is 22.2 Å². The smallest absolute Gasteiger partial charge is 0.250 e. The van der Waals surface area contributed by atoms with Crippen molar-refractivity contribution in [2.24, 2.45) is 0 Å². The Balaban J connectivity index is 1.89. The summed E-state index contributed by atoms with van der Waals surface area (Å²) < 4.78 is 7.04. The Labute approximate surface area is 182 Å². The third-order valence-electron chi connectivity index (χ3n) is 7.11. The number of fused-ring (bicyclic) bond motifs is 1. The van der Waals surface area contributed by atoms with Gasteiger partial charge in [-0.2, -0.15) is 0 Å². The number of aromatic amines is 1. The molecule has 1 atom stereocenters. The summed E-state index contributed by atoms with van der Waals surface area (Å²) in [7, 11) is -1.92. The van der Waals surface area contributed by atoms with E-state index in [0.717, 1.165) is 12.8 Å². The summed E-state index contributed by atoms with van der Waals surface area (Å²) in [5.74, 6) is 1.55. The molecule has 0 amide bonds. The van der Waals surface area contributed by atoms with E-state index in [1.165, 1.54) is 45.5 Å². The van der Waals surface area contributed by atoms with Crippen LogP contribution in [-0.2, 0) is 4.43 Å². The van der Waals surface area contributed by atoms with E-state index in [1.54, 1.807) is 0 Å². The summed E-state index contributed by atoms with van der Waals surface area (Å²) in [4.78, 5) is 3.74. The van der Waals surface area contributed by atoms with Crippen LogP contribution in [-0.4, -0.2) is 13.3 Å². The molecule has 1 aromatic heterocycles. The topological polar surface area (TPSA) is 25.0 Å². The number of allylic oxidation sites excluding steroid dienone is 2. The quantitative estimate of drug-likeness (QED) is 0.423. The van der Waals surface area contributed by atoms with Crippen molar-refractivity contribution in [2.45, 2.75) is 71.0 Å². The van der Waals surface area contributed by atoms with Gasteiger partial charge in [-0.1, -0.05) is 69.3 Å². The number of H-pyrrole nitrogens is 1. The molecule has 0 saturated heterocycles. The fourth-order valence-corrected chi connectivity index (χ4v) is 5.52. The van der Waals surface area contributed by atoms with Gasteiger partial charge in [-0.05, 0) is 67.1 Å². The molecule has 0 bridgehead atoms. The van der Waals surface area contributed by atoms with Crippen molar-refractivity contribution in [1.82, 2.24) is 4.98 Å². The van der Waals surface area contributed by atoms with E-state index in [4.69, 9.17) is 4.43 Å². The number of hydrogen-bond acceptors (Lipinski definition) is 1. The molecular weight excluding hydrogens is 382 g/mol. The molecule has 0 saturated carbocycles. The molecule has 3 heteroatoms. The van der Waals surface area contributed by atoms with Crippen molar-refractivity contribution >= 4 is 19.2 Å². The van der Waals surface area contributed by atoms with E-state index in [1.807, 2.05) is 0 Å². The first-order chi connectivity index (χ1) is 14.2. The van der Waals surface area contributed by atoms with E-state index in [9.17, 15) is 0 Å². The Kier molecular flexibility index (Phi) is 5.44. The lowest BCUT2D eigenvalue weighted by atomic mass is 9.82. The molecule has 3 aromatic rings. The minimum atomic E-state index is -1.92. The minimum absolute atomic E-state index is 0.185.